The molecule has 2 N–H and O–H groups in total. The Morgan fingerprint density at radius 3 is 2.50 bits per heavy atom. The van der Waals surface area contributed by atoms with Crippen molar-refractivity contribution in [2.75, 3.05) is 17.7 Å². The van der Waals surface area contributed by atoms with Crippen LogP contribution in [0.4, 0.5) is 11.5 Å². The molecule has 1 aromatic heterocycles. The van der Waals surface area contributed by atoms with Crippen LogP contribution in [0.15, 0.2) is 24.3 Å². The highest BCUT2D eigenvalue weighted by Gasteiger charge is 2.19. The van der Waals surface area contributed by atoms with Crippen LogP contribution in [0.5, 0.6) is 0 Å². The first-order chi connectivity index (χ1) is 9.41. The first kappa shape index (κ1) is 14.9. The van der Waals surface area contributed by atoms with E-state index < -0.39 is 0 Å². The van der Waals surface area contributed by atoms with Crippen molar-refractivity contribution in [3.63, 3.8) is 0 Å². The molecule has 1 aromatic carbocycles. The minimum atomic E-state index is 0.0105. The van der Waals surface area contributed by atoms with Crippen LogP contribution in [-0.4, -0.2) is 17.0 Å². The zero-order valence-corrected chi connectivity index (χ0v) is 13.1. The molecule has 0 fully saturated rings. The third-order valence-corrected chi connectivity index (χ3v) is 3.87. The highest BCUT2D eigenvalue weighted by atomic mass is 35.5. The van der Waals surface area contributed by atoms with Crippen molar-refractivity contribution >= 4 is 34.7 Å². The van der Waals surface area contributed by atoms with Crippen molar-refractivity contribution in [1.29, 1.82) is 0 Å². The topological polar surface area (TPSA) is 55.0 Å². The maximum atomic E-state index is 6.24. The molecule has 0 amide bonds. The quantitative estimate of drug-likeness (QED) is 0.874. The molecule has 0 aliphatic carbocycles. The summed E-state index contributed by atoms with van der Waals surface area (Å²) in [5.74, 6) is 0.606. The molecule has 0 aliphatic rings. The van der Waals surface area contributed by atoms with Gasteiger partial charge in [0.05, 0.1) is 17.4 Å². The average molecular weight is 311 g/mol. The lowest BCUT2D eigenvalue weighted by atomic mass is 10.1. The lowest BCUT2D eigenvalue weighted by Gasteiger charge is -2.28. The Bertz CT molecular complexity index is 631. The Labute approximate surface area is 128 Å². The van der Waals surface area contributed by atoms with Crippen molar-refractivity contribution in [1.82, 2.24) is 9.97 Å². The minimum Gasteiger partial charge on any atom is -0.394 e. The highest BCUT2D eigenvalue weighted by molar-refractivity contribution is 6.31. The summed E-state index contributed by atoms with van der Waals surface area (Å²) in [6.07, 6.45) is 0. The van der Waals surface area contributed by atoms with Gasteiger partial charge in [-0.25, -0.2) is 4.98 Å². The van der Waals surface area contributed by atoms with Crippen LogP contribution in [0, 0.1) is 6.92 Å². The Balaban J connectivity index is 2.41. The van der Waals surface area contributed by atoms with Crippen molar-refractivity contribution in [3.8, 4) is 0 Å². The molecule has 20 heavy (non-hydrogen) atoms. The number of benzene rings is 1. The van der Waals surface area contributed by atoms with Crippen LogP contribution in [-0.2, 0) is 0 Å². The van der Waals surface area contributed by atoms with E-state index in [4.69, 9.17) is 28.9 Å². The van der Waals surface area contributed by atoms with Gasteiger partial charge >= 0.3 is 0 Å². The standard InChI is InChI=1S/C14H16Cl2N4/c1-8-12(17)13(19-14(16)18-8)20(3)9(2)10-6-4-5-7-11(10)15/h4-7,9H,17H2,1-3H3. The normalized spacial score (nSPS) is 12.2. The third kappa shape index (κ3) is 2.81. The number of halogens is 2. The fourth-order valence-corrected chi connectivity index (χ4v) is 2.51. The summed E-state index contributed by atoms with van der Waals surface area (Å²) in [4.78, 5) is 10.2. The number of aromatic nitrogens is 2. The molecule has 2 aromatic rings. The molecule has 0 aliphatic heterocycles. The number of nitrogen functional groups attached to an aromatic ring is 1. The van der Waals surface area contributed by atoms with Crippen molar-refractivity contribution < 1.29 is 0 Å². The number of anilines is 2. The predicted octanol–water partition coefficient (Wildman–Crippen LogP) is 3.87. The van der Waals surface area contributed by atoms with E-state index >= 15 is 0 Å². The first-order valence-corrected chi connectivity index (χ1v) is 6.94. The molecule has 2 rings (SSSR count). The number of hydrogen-bond acceptors (Lipinski definition) is 4. The summed E-state index contributed by atoms with van der Waals surface area (Å²) in [5, 5.41) is 0.896. The van der Waals surface area contributed by atoms with E-state index in [0.29, 0.717) is 22.2 Å². The fourth-order valence-electron chi connectivity index (χ4n) is 2.01. The lowest BCUT2D eigenvalue weighted by Crippen LogP contribution is -2.24. The second kappa shape index (κ2) is 5.85. The van der Waals surface area contributed by atoms with Crippen LogP contribution in [0.3, 0.4) is 0 Å². The number of nitrogens with two attached hydrogens (primary N) is 1. The summed E-state index contributed by atoms with van der Waals surface area (Å²) in [5.41, 5.74) is 8.24. The van der Waals surface area contributed by atoms with Gasteiger partial charge in [0.25, 0.3) is 0 Å². The van der Waals surface area contributed by atoms with Gasteiger partial charge in [0.15, 0.2) is 5.82 Å². The molecular formula is C14H16Cl2N4. The molecule has 0 radical (unpaired) electrons. The molecule has 1 heterocycles. The Morgan fingerprint density at radius 1 is 1.20 bits per heavy atom. The van der Waals surface area contributed by atoms with E-state index in [1.807, 2.05) is 43.1 Å². The average Bonchev–Trinajstić information content (AvgIpc) is 2.42. The summed E-state index contributed by atoms with van der Waals surface area (Å²) in [6.45, 7) is 3.84. The van der Waals surface area contributed by atoms with Gasteiger partial charge < -0.3 is 10.6 Å². The molecule has 1 unspecified atom stereocenters. The lowest BCUT2D eigenvalue weighted by molar-refractivity contribution is 0.728. The smallest absolute Gasteiger partial charge is 0.224 e. The summed E-state index contributed by atoms with van der Waals surface area (Å²) >= 11 is 12.2. The van der Waals surface area contributed by atoms with E-state index in [-0.39, 0.29) is 11.3 Å². The van der Waals surface area contributed by atoms with E-state index in [1.165, 1.54) is 0 Å². The number of nitrogens with zero attached hydrogens (tertiary/aromatic N) is 3. The van der Waals surface area contributed by atoms with Gasteiger partial charge in [-0.05, 0) is 37.1 Å². The van der Waals surface area contributed by atoms with Gasteiger partial charge in [-0.2, -0.15) is 4.98 Å². The zero-order valence-electron chi connectivity index (χ0n) is 11.6. The molecule has 0 saturated heterocycles. The van der Waals surface area contributed by atoms with Crippen molar-refractivity contribution in [2.24, 2.45) is 0 Å². The van der Waals surface area contributed by atoms with Crippen molar-refractivity contribution in [3.05, 3.63) is 45.8 Å². The van der Waals surface area contributed by atoms with E-state index in [9.17, 15) is 0 Å². The highest BCUT2D eigenvalue weighted by Crippen LogP contribution is 2.32. The number of aryl methyl sites for hydroxylation is 1. The molecule has 0 spiro atoms. The maximum absolute atomic E-state index is 6.24. The van der Waals surface area contributed by atoms with Crippen LogP contribution in [0.1, 0.15) is 24.2 Å². The predicted molar refractivity (Wildman–Crippen MR) is 84.5 cm³/mol. The van der Waals surface area contributed by atoms with E-state index in [0.717, 1.165) is 5.56 Å². The van der Waals surface area contributed by atoms with Gasteiger partial charge in [-0.15, -0.1) is 0 Å². The Kier molecular flexibility index (Phi) is 4.35. The number of rotatable bonds is 3. The van der Waals surface area contributed by atoms with Crippen LogP contribution < -0.4 is 10.6 Å². The van der Waals surface area contributed by atoms with Gasteiger partial charge in [-0.3, -0.25) is 0 Å². The molecule has 1 atom stereocenters. The van der Waals surface area contributed by atoms with E-state index in [1.54, 1.807) is 6.92 Å². The van der Waals surface area contributed by atoms with Gasteiger partial charge in [0.2, 0.25) is 5.28 Å². The van der Waals surface area contributed by atoms with Gasteiger partial charge in [-0.1, -0.05) is 29.8 Å². The van der Waals surface area contributed by atoms with Gasteiger partial charge in [0.1, 0.15) is 0 Å². The fraction of sp³-hybridized carbons (Fsp3) is 0.286. The molecule has 4 nitrogen and oxygen atoms in total. The van der Waals surface area contributed by atoms with Crippen LogP contribution in [0.25, 0.3) is 0 Å². The molecule has 6 heteroatoms. The second-order valence-electron chi connectivity index (χ2n) is 4.62. The SMILES string of the molecule is Cc1nc(Cl)nc(N(C)C(C)c2ccccc2Cl)c1N. The monoisotopic (exact) mass is 310 g/mol. The first-order valence-electron chi connectivity index (χ1n) is 6.18. The summed E-state index contributed by atoms with van der Waals surface area (Å²) < 4.78 is 0. The van der Waals surface area contributed by atoms with Crippen LogP contribution in [0.2, 0.25) is 10.3 Å². The van der Waals surface area contributed by atoms with Crippen molar-refractivity contribution in [2.45, 2.75) is 19.9 Å². The Hall–Kier alpha value is -1.52. The second-order valence-corrected chi connectivity index (χ2v) is 5.37. The zero-order chi connectivity index (χ0) is 14.9. The third-order valence-electron chi connectivity index (χ3n) is 3.36. The largest absolute Gasteiger partial charge is 0.394 e. The summed E-state index contributed by atoms with van der Waals surface area (Å²) in [7, 11) is 1.91. The molecule has 0 bridgehead atoms. The molecular weight excluding hydrogens is 295 g/mol. The maximum Gasteiger partial charge on any atom is 0.224 e. The molecule has 106 valence electrons. The minimum absolute atomic E-state index is 0.0105. The Morgan fingerprint density at radius 2 is 1.85 bits per heavy atom. The number of hydrogen-bond donors (Lipinski definition) is 1. The van der Waals surface area contributed by atoms with Gasteiger partial charge in [0, 0.05) is 12.1 Å². The molecule has 0 saturated carbocycles. The van der Waals surface area contributed by atoms with Crippen LogP contribution >= 0.6 is 23.2 Å². The summed E-state index contributed by atoms with van der Waals surface area (Å²) in [6, 6.07) is 7.71. The van der Waals surface area contributed by atoms with E-state index in [2.05, 4.69) is 9.97 Å².